The van der Waals surface area contributed by atoms with Gasteiger partial charge in [0.25, 0.3) is 0 Å². The summed E-state index contributed by atoms with van der Waals surface area (Å²) < 4.78 is 5.61. The Morgan fingerprint density at radius 1 is 1.10 bits per heavy atom. The van der Waals surface area contributed by atoms with Crippen LogP contribution in [0.15, 0.2) is 30.6 Å². The zero-order valence-corrected chi connectivity index (χ0v) is 18.8. The number of carbonyl (C=O) groups is 1. The number of nitrogens with one attached hydrogen (secondary N) is 1. The molecule has 0 radical (unpaired) electrons. The van der Waals surface area contributed by atoms with E-state index in [0.29, 0.717) is 17.0 Å². The Kier molecular flexibility index (Phi) is 6.77. The number of carbonyl (C=O) groups excluding carboxylic acids is 1. The van der Waals surface area contributed by atoms with Crippen LogP contribution < -0.4 is 15.0 Å². The molecule has 4 rings (SSSR count). The minimum Gasteiger partial charge on any atom is -0.494 e. The molecule has 166 valence electrons. The Balaban J connectivity index is 1.35. The molecular weight excluding hydrogens is 416 g/mol. The second-order valence-electron chi connectivity index (χ2n) is 7.99. The van der Waals surface area contributed by atoms with Crippen molar-refractivity contribution in [2.24, 2.45) is 0 Å². The van der Waals surface area contributed by atoms with Crippen LogP contribution in [0.1, 0.15) is 19.8 Å². The van der Waals surface area contributed by atoms with Crippen molar-refractivity contribution in [3.63, 3.8) is 0 Å². The molecule has 0 spiro atoms. The summed E-state index contributed by atoms with van der Waals surface area (Å²) in [6.45, 7) is 7.32. The average molecular weight is 445 g/mol. The van der Waals surface area contributed by atoms with Gasteiger partial charge in [-0.3, -0.25) is 9.69 Å². The van der Waals surface area contributed by atoms with Crippen LogP contribution in [0.3, 0.4) is 0 Å². The zero-order chi connectivity index (χ0) is 21.8. The van der Waals surface area contributed by atoms with Gasteiger partial charge in [-0.25, -0.2) is 9.97 Å². The van der Waals surface area contributed by atoms with Crippen molar-refractivity contribution in [2.75, 3.05) is 56.6 Å². The molecule has 2 aliphatic heterocycles. The number of benzene rings is 1. The minimum atomic E-state index is 0.184. The molecule has 0 bridgehead atoms. The van der Waals surface area contributed by atoms with Crippen LogP contribution in [0.25, 0.3) is 0 Å². The monoisotopic (exact) mass is 444 g/mol. The summed E-state index contributed by atoms with van der Waals surface area (Å²) in [5, 5.41) is 3.68. The molecule has 2 aliphatic rings. The van der Waals surface area contributed by atoms with Gasteiger partial charge in [-0.2, -0.15) is 0 Å². The first-order valence-electron chi connectivity index (χ1n) is 10.7. The van der Waals surface area contributed by atoms with E-state index in [1.807, 2.05) is 11.0 Å². The first kappa shape index (κ1) is 21.6. The van der Waals surface area contributed by atoms with Crippen LogP contribution in [0.2, 0.25) is 5.02 Å². The first-order valence-corrected chi connectivity index (χ1v) is 11.1. The van der Waals surface area contributed by atoms with Gasteiger partial charge in [0, 0.05) is 64.0 Å². The van der Waals surface area contributed by atoms with Crippen LogP contribution in [-0.4, -0.2) is 78.1 Å². The molecule has 0 saturated carbocycles. The van der Waals surface area contributed by atoms with Gasteiger partial charge in [0.05, 0.1) is 30.2 Å². The lowest BCUT2D eigenvalue weighted by molar-refractivity contribution is -0.130. The molecule has 2 fully saturated rings. The Labute approximate surface area is 188 Å². The van der Waals surface area contributed by atoms with Crippen molar-refractivity contribution < 1.29 is 9.53 Å². The standard InChI is InChI=1S/C22H29ClN6O2/c1-16(30)27-9-11-29(12-10-27)18-5-7-28(8-6-18)19-3-4-20(21(13-19)31-2)26-22-24-14-17(23)15-25-22/h3-4,13-15,18H,5-12H2,1-2H3,(H,24,25,26). The summed E-state index contributed by atoms with van der Waals surface area (Å²) in [6.07, 6.45) is 5.37. The number of amides is 1. The van der Waals surface area contributed by atoms with Crippen LogP contribution in [0.4, 0.5) is 17.3 Å². The fourth-order valence-electron chi connectivity index (χ4n) is 4.37. The van der Waals surface area contributed by atoms with Gasteiger partial charge in [-0.1, -0.05) is 11.6 Å². The number of anilines is 3. The Hall–Kier alpha value is -2.58. The minimum absolute atomic E-state index is 0.184. The predicted octanol–water partition coefficient (Wildman–Crippen LogP) is 3.02. The van der Waals surface area contributed by atoms with Crippen molar-refractivity contribution in [3.05, 3.63) is 35.6 Å². The molecular formula is C22H29ClN6O2. The summed E-state index contributed by atoms with van der Waals surface area (Å²) >= 11 is 5.86. The first-order chi connectivity index (χ1) is 15.0. The molecule has 31 heavy (non-hydrogen) atoms. The van der Waals surface area contributed by atoms with Gasteiger partial charge in [0.2, 0.25) is 11.9 Å². The molecule has 0 atom stereocenters. The predicted molar refractivity (Wildman–Crippen MR) is 122 cm³/mol. The third-order valence-electron chi connectivity index (χ3n) is 6.16. The third kappa shape index (κ3) is 5.19. The number of rotatable bonds is 5. The molecule has 1 aromatic carbocycles. The average Bonchev–Trinajstić information content (AvgIpc) is 2.81. The number of hydrogen-bond donors (Lipinski definition) is 1. The lowest BCUT2D eigenvalue weighted by Gasteiger charge is -2.43. The van der Waals surface area contributed by atoms with E-state index in [2.05, 4.69) is 37.2 Å². The summed E-state index contributed by atoms with van der Waals surface area (Å²) in [6, 6.07) is 6.76. The number of aromatic nitrogens is 2. The maximum Gasteiger partial charge on any atom is 0.227 e. The Morgan fingerprint density at radius 2 is 1.77 bits per heavy atom. The number of methoxy groups -OCH3 is 1. The van der Waals surface area contributed by atoms with E-state index in [9.17, 15) is 4.79 Å². The number of ether oxygens (including phenoxy) is 1. The lowest BCUT2D eigenvalue weighted by atomic mass is 10.0. The van der Waals surface area contributed by atoms with Crippen LogP contribution in [0, 0.1) is 0 Å². The normalized spacial score (nSPS) is 18.2. The smallest absolute Gasteiger partial charge is 0.227 e. The SMILES string of the molecule is COc1cc(N2CCC(N3CCN(C(C)=O)CC3)CC2)ccc1Nc1ncc(Cl)cn1. The topological polar surface area (TPSA) is 73.8 Å². The van der Waals surface area contributed by atoms with Crippen molar-refractivity contribution in [2.45, 2.75) is 25.8 Å². The number of halogens is 1. The zero-order valence-electron chi connectivity index (χ0n) is 18.1. The summed E-state index contributed by atoms with van der Waals surface area (Å²) in [5.74, 6) is 1.41. The second kappa shape index (κ2) is 9.70. The van der Waals surface area contributed by atoms with Crippen molar-refractivity contribution in [1.82, 2.24) is 19.8 Å². The van der Waals surface area contributed by atoms with E-state index < -0.39 is 0 Å². The fourth-order valence-corrected chi connectivity index (χ4v) is 4.47. The van der Waals surface area contributed by atoms with E-state index in [4.69, 9.17) is 16.3 Å². The second-order valence-corrected chi connectivity index (χ2v) is 8.43. The van der Waals surface area contributed by atoms with Gasteiger partial charge >= 0.3 is 0 Å². The van der Waals surface area contributed by atoms with Crippen LogP contribution in [0.5, 0.6) is 5.75 Å². The summed E-state index contributed by atoms with van der Waals surface area (Å²) in [4.78, 5) is 26.8. The van der Waals surface area contributed by atoms with Gasteiger partial charge in [-0.05, 0) is 25.0 Å². The number of piperidine rings is 1. The molecule has 2 aromatic rings. The number of hydrogen-bond acceptors (Lipinski definition) is 7. The van der Waals surface area contributed by atoms with Crippen LogP contribution in [-0.2, 0) is 4.79 Å². The van der Waals surface area contributed by atoms with Gasteiger partial charge < -0.3 is 19.9 Å². The van der Waals surface area contributed by atoms with E-state index >= 15 is 0 Å². The molecule has 0 unspecified atom stereocenters. The highest BCUT2D eigenvalue weighted by molar-refractivity contribution is 6.30. The van der Waals surface area contributed by atoms with Crippen LogP contribution >= 0.6 is 11.6 Å². The third-order valence-corrected chi connectivity index (χ3v) is 6.35. The van der Waals surface area contributed by atoms with Crippen molar-refractivity contribution in [3.8, 4) is 5.75 Å². The molecule has 0 aliphatic carbocycles. The Bertz CT molecular complexity index is 893. The van der Waals surface area contributed by atoms with E-state index in [-0.39, 0.29) is 5.91 Å². The van der Waals surface area contributed by atoms with Gasteiger partial charge in [0.1, 0.15) is 5.75 Å². The maximum absolute atomic E-state index is 11.5. The van der Waals surface area contributed by atoms with Crippen molar-refractivity contribution >= 4 is 34.8 Å². The molecule has 2 saturated heterocycles. The molecule has 1 N–H and O–H groups in total. The molecule has 8 nitrogen and oxygen atoms in total. The number of piperazine rings is 1. The summed E-state index contributed by atoms with van der Waals surface area (Å²) in [7, 11) is 1.67. The van der Waals surface area contributed by atoms with E-state index in [0.717, 1.165) is 69.2 Å². The van der Waals surface area contributed by atoms with Gasteiger partial charge in [0.15, 0.2) is 0 Å². The highest BCUT2D eigenvalue weighted by Crippen LogP contribution is 2.33. The fraction of sp³-hybridized carbons (Fsp3) is 0.500. The number of nitrogens with zero attached hydrogens (tertiary/aromatic N) is 5. The van der Waals surface area contributed by atoms with E-state index in [1.54, 1.807) is 26.4 Å². The maximum atomic E-state index is 11.5. The quantitative estimate of drug-likeness (QED) is 0.759. The lowest BCUT2D eigenvalue weighted by Crippen LogP contribution is -2.54. The molecule has 1 amide bonds. The largest absolute Gasteiger partial charge is 0.494 e. The highest BCUT2D eigenvalue weighted by atomic mass is 35.5. The molecule has 9 heteroatoms. The van der Waals surface area contributed by atoms with Crippen molar-refractivity contribution in [1.29, 1.82) is 0 Å². The summed E-state index contributed by atoms with van der Waals surface area (Å²) in [5.41, 5.74) is 1.96. The molecule has 1 aromatic heterocycles. The van der Waals surface area contributed by atoms with E-state index in [1.165, 1.54) is 0 Å². The van der Waals surface area contributed by atoms with Gasteiger partial charge in [-0.15, -0.1) is 0 Å². The Morgan fingerprint density at radius 3 is 2.39 bits per heavy atom. The molecule has 3 heterocycles. The highest BCUT2D eigenvalue weighted by Gasteiger charge is 2.28.